The Morgan fingerprint density at radius 3 is 2.60 bits per heavy atom. The van der Waals surface area contributed by atoms with Crippen molar-refractivity contribution in [3.05, 3.63) is 30.3 Å². The van der Waals surface area contributed by atoms with E-state index >= 15 is 0 Å². The van der Waals surface area contributed by atoms with Crippen LogP contribution in [0.5, 0.6) is 5.75 Å². The van der Waals surface area contributed by atoms with E-state index in [-0.39, 0.29) is 5.54 Å². The minimum Gasteiger partial charge on any atom is -0.492 e. The van der Waals surface area contributed by atoms with Crippen LogP contribution in [-0.4, -0.2) is 36.7 Å². The van der Waals surface area contributed by atoms with Crippen molar-refractivity contribution < 1.29 is 4.74 Å². The van der Waals surface area contributed by atoms with Crippen molar-refractivity contribution in [2.45, 2.75) is 12.5 Å². The first-order valence-electron chi connectivity index (χ1n) is 5.35. The minimum absolute atomic E-state index is 0.0206. The van der Waals surface area contributed by atoms with Gasteiger partial charge in [0.25, 0.3) is 0 Å². The second-order valence-electron chi connectivity index (χ2n) is 4.53. The number of hydrogen-bond donors (Lipinski definition) is 1. The summed E-state index contributed by atoms with van der Waals surface area (Å²) in [6.07, 6.45) is 0. The van der Waals surface area contributed by atoms with E-state index in [4.69, 9.17) is 10.5 Å². The molecule has 0 aliphatic carbocycles. The molecule has 1 saturated heterocycles. The van der Waals surface area contributed by atoms with Crippen LogP contribution in [0.1, 0.15) is 6.92 Å². The number of hydrogen-bond acceptors (Lipinski definition) is 3. The Kier molecular flexibility index (Phi) is 2.93. The number of ether oxygens (including phenoxy) is 1. The first-order chi connectivity index (χ1) is 7.16. The van der Waals surface area contributed by atoms with Crippen molar-refractivity contribution in [1.29, 1.82) is 0 Å². The standard InChI is InChI=1S/C12H18N2O/c1-12(13)9-14(10-12)7-8-15-11-5-3-2-4-6-11/h2-6H,7-10,13H2,1H3. The summed E-state index contributed by atoms with van der Waals surface area (Å²) in [5.74, 6) is 0.938. The van der Waals surface area contributed by atoms with E-state index in [9.17, 15) is 0 Å². The summed E-state index contributed by atoms with van der Waals surface area (Å²) in [6.45, 7) is 5.74. The number of nitrogens with zero attached hydrogens (tertiary/aromatic N) is 1. The third-order valence-electron chi connectivity index (χ3n) is 2.59. The molecule has 0 spiro atoms. The summed E-state index contributed by atoms with van der Waals surface area (Å²) in [5, 5.41) is 0. The quantitative estimate of drug-likeness (QED) is 0.801. The molecule has 1 fully saturated rings. The van der Waals surface area contributed by atoms with Crippen LogP contribution in [0.3, 0.4) is 0 Å². The lowest BCUT2D eigenvalue weighted by molar-refractivity contribution is 0.0689. The summed E-state index contributed by atoms with van der Waals surface area (Å²) in [6, 6.07) is 9.90. The van der Waals surface area contributed by atoms with Crippen LogP contribution in [0.4, 0.5) is 0 Å². The highest BCUT2D eigenvalue weighted by Crippen LogP contribution is 2.16. The molecule has 15 heavy (non-hydrogen) atoms. The number of likely N-dealkylation sites (tertiary alicyclic amines) is 1. The molecule has 1 aromatic rings. The van der Waals surface area contributed by atoms with Gasteiger partial charge in [-0.05, 0) is 19.1 Å². The van der Waals surface area contributed by atoms with Gasteiger partial charge in [-0.2, -0.15) is 0 Å². The molecule has 0 saturated carbocycles. The van der Waals surface area contributed by atoms with E-state index in [1.165, 1.54) is 0 Å². The Balaban J connectivity index is 1.64. The molecular weight excluding hydrogens is 188 g/mol. The molecule has 1 aliphatic rings. The van der Waals surface area contributed by atoms with Gasteiger partial charge in [0.2, 0.25) is 0 Å². The molecule has 0 unspecified atom stereocenters. The second-order valence-corrected chi connectivity index (χ2v) is 4.53. The van der Waals surface area contributed by atoms with Gasteiger partial charge in [-0.1, -0.05) is 18.2 Å². The van der Waals surface area contributed by atoms with Gasteiger partial charge in [0.1, 0.15) is 12.4 Å². The molecule has 3 nitrogen and oxygen atoms in total. The highest BCUT2D eigenvalue weighted by molar-refractivity contribution is 5.20. The van der Waals surface area contributed by atoms with Crippen LogP contribution in [0.2, 0.25) is 0 Å². The average molecular weight is 206 g/mol. The van der Waals surface area contributed by atoms with Crippen LogP contribution in [0.15, 0.2) is 30.3 Å². The minimum atomic E-state index is 0.0206. The Hall–Kier alpha value is -1.06. The zero-order valence-corrected chi connectivity index (χ0v) is 9.15. The normalized spacial score (nSPS) is 19.6. The lowest BCUT2D eigenvalue weighted by Crippen LogP contribution is -2.65. The fraction of sp³-hybridized carbons (Fsp3) is 0.500. The largest absolute Gasteiger partial charge is 0.492 e. The van der Waals surface area contributed by atoms with E-state index in [0.717, 1.165) is 32.0 Å². The molecule has 1 aliphatic heterocycles. The van der Waals surface area contributed by atoms with Gasteiger partial charge >= 0.3 is 0 Å². The Bertz CT molecular complexity index is 303. The number of nitrogens with two attached hydrogens (primary N) is 1. The zero-order chi connectivity index (χ0) is 10.7. The molecule has 0 aromatic heterocycles. The van der Waals surface area contributed by atoms with Gasteiger partial charge in [0.15, 0.2) is 0 Å². The average Bonchev–Trinajstić information content (AvgIpc) is 2.16. The lowest BCUT2D eigenvalue weighted by atomic mass is 9.94. The first kappa shape index (κ1) is 10.5. The molecule has 0 amide bonds. The maximum atomic E-state index is 5.91. The SMILES string of the molecule is CC1(N)CN(CCOc2ccccc2)C1. The number of benzene rings is 1. The molecule has 0 atom stereocenters. The van der Waals surface area contributed by atoms with Gasteiger partial charge in [-0.3, -0.25) is 4.90 Å². The fourth-order valence-electron chi connectivity index (χ4n) is 1.94. The summed E-state index contributed by atoms with van der Waals surface area (Å²) in [4.78, 5) is 2.31. The first-order valence-corrected chi connectivity index (χ1v) is 5.35. The monoisotopic (exact) mass is 206 g/mol. The zero-order valence-electron chi connectivity index (χ0n) is 9.15. The maximum absolute atomic E-state index is 5.91. The summed E-state index contributed by atoms with van der Waals surface area (Å²) >= 11 is 0. The fourth-order valence-corrected chi connectivity index (χ4v) is 1.94. The molecule has 2 N–H and O–H groups in total. The Morgan fingerprint density at radius 2 is 2.00 bits per heavy atom. The van der Waals surface area contributed by atoms with E-state index in [2.05, 4.69) is 11.8 Å². The van der Waals surface area contributed by atoms with Gasteiger partial charge in [-0.25, -0.2) is 0 Å². The number of para-hydroxylation sites is 1. The van der Waals surface area contributed by atoms with Gasteiger partial charge in [0.05, 0.1) is 0 Å². The van der Waals surface area contributed by atoms with Gasteiger partial charge in [-0.15, -0.1) is 0 Å². The van der Waals surface area contributed by atoms with Crippen molar-refractivity contribution in [3.8, 4) is 5.75 Å². The van der Waals surface area contributed by atoms with Crippen LogP contribution < -0.4 is 10.5 Å². The van der Waals surface area contributed by atoms with Crippen molar-refractivity contribution in [3.63, 3.8) is 0 Å². The number of rotatable bonds is 4. The summed E-state index contributed by atoms with van der Waals surface area (Å²) in [5.41, 5.74) is 5.93. The topological polar surface area (TPSA) is 38.5 Å². The second kappa shape index (κ2) is 4.21. The Labute approximate surface area is 90.8 Å². The van der Waals surface area contributed by atoms with Crippen molar-refractivity contribution >= 4 is 0 Å². The summed E-state index contributed by atoms with van der Waals surface area (Å²) < 4.78 is 5.60. The predicted octanol–water partition coefficient (Wildman–Crippen LogP) is 1.10. The molecule has 0 radical (unpaired) electrons. The van der Waals surface area contributed by atoms with E-state index in [1.807, 2.05) is 30.3 Å². The lowest BCUT2D eigenvalue weighted by Gasteiger charge is -2.45. The summed E-state index contributed by atoms with van der Waals surface area (Å²) in [7, 11) is 0. The van der Waals surface area contributed by atoms with Crippen molar-refractivity contribution in [2.75, 3.05) is 26.2 Å². The molecule has 1 aromatic carbocycles. The van der Waals surface area contributed by atoms with Gasteiger partial charge < -0.3 is 10.5 Å². The van der Waals surface area contributed by atoms with Crippen molar-refractivity contribution in [1.82, 2.24) is 4.90 Å². The van der Waals surface area contributed by atoms with Crippen LogP contribution >= 0.6 is 0 Å². The van der Waals surface area contributed by atoms with Crippen LogP contribution in [0.25, 0.3) is 0 Å². The van der Waals surface area contributed by atoms with Crippen LogP contribution in [-0.2, 0) is 0 Å². The third kappa shape index (κ3) is 2.94. The van der Waals surface area contributed by atoms with E-state index < -0.39 is 0 Å². The maximum Gasteiger partial charge on any atom is 0.119 e. The van der Waals surface area contributed by atoms with Crippen LogP contribution in [0, 0.1) is 0 Å². The Morgan fingerprint density at radius 1 is 1.33 bits per heavy atom. The van der Waals surface area contributed by atoms with Gasteiger partial charge in [0, 0.05) is 25.2 Å². The van der Waals surface area contributed by atoms with Crippen molar-refractivity contribution in [2.24, 2.45) is 5.73 Å². The highest BCUT2D eigenvalue weighted by atomic mass is 16.5. The molecular formula is C12H18N2O. The third-order valence-corrected chi connectivity index (χ3v) is 2.59. The molecule has 2 rings (SSSR count). The van der Waals surface area contributed by atoms with E-state index in [1.54, 1.807) is 0 Å². The highest BCUT2D eigenvalue weighted by Gasteiger charge is 2.34. The molecule has 3 heteroatoms. The van der Waals surface area contributed by atoms with E-state index in [0.29, 0.717) is 0 Å². The molecule has 1 heterocycles. The molecule has 0 bridgehead atoms. The predicted molar refractivity (Wildman–Crippen MR) is 61.0 cm³/mol. The molecule has 82 valence electrons. The smallest absolute Gasteiger partial charge is 0.119 e.